The Morgan fingerprint density at radius 2 is 1.97 bits per heavy atom. The zero-order chi connectivity index (χ0) is 22.2. The summed E-state index contributed by atoms with van der Waals surface area (Å²) in [6.07, 6.45) is -1.01. The number of phenols is 1. The monoisotopic (exact) mass is 448 g/mol. The lowest BCUT2D eigenvalue weighted by atomic mass is 10.1. The van der Waals surface area contributed by atoms with Gasteiger partial charge in [0.1, 0.15) is 35.9 Å². The lowest BCUT2D eigenvalue weighted by Crippen LogP contribution is -2.39. The molecular formula is C18H20N6O6S. The molecule has 1 saturated heterocycles. The van der Waals surface area contributed by atoms with E-state index in [0.29, 0.717) is 16.7 Å². The number of ether oxygens (including phenoxy) is 1. The maximum atomic E-state index is 12.3. The van der Waals surface area contributed by atoms with Gasteiger partial charge in [-0.15, -0.1) is 0 Å². The van der Waals surface area contributed by atoms with E-state index in [1.165, 1.54) is 29.4 Å². The van der Waals surface area contributed by atoms with Crippen molar-refractivity contribution in [2.45, 2.75) is 24.5 Å². The summed E-state index contributed by atoms with van der Waals surface area (Å²) in [7, 11) is -3.91. The Morgan fingerprint density at radius 3 is 2.74 bits per heavy atom. The first-order valence-electron chi connectivity index (χ1n) is 9.17. The van der Waals surface area contributed by atoms with Crippen LogP contribution in [0, 0.1) is 0 Å². The number of aliphatic hydroxyl groups is 2. The van der Waals surface area contributed by atoms with E-state index in [9.17, 15) is 23.7 Å². The highest BCUT2D eigenvalue weighted by Crippen LogP contribution is 2.31. The molecule has 1 aromatic carbocycles. The second-order valence-electron chi connectivity index (χ2n) is 6.88. The fourth-order valence-electron chi connectivity index (χ4n) is 3.22. The van der Waals surface area contributed by atoms with Gasteiger partial charge in [-0.3, -0.25) is 4.57 Å². The number of aromatic hydroxyl groups is 1. The first kappa shape index (κ1) is 21.1. The Kier molecular flexibility index (Phi) is 5.60. The lowest BCUT2D eigenvalue weighted by Gasteiger charge is -2.16. The fraction of sp³-hybridized carbons (Fsp3) is 0.278. The molecule has 4 atom stereocenters. The number of aromatic nitrogens is 4. The van der Waals surface area contributed by atoms with Gasteiger partial charge in [-0.2, -0.15) is 0 Å². The Hall–Kier alpha value is -3.10. The Morgan fingerprint density at radius 1 is 1.19 bits per heavy atom. The van der Waals surface area contributed by atoms with E-state index < -0.39 is 34.6 Å². The maximum Gasteiger partial charge on any atom is 0.233 e. The summed E-state index contributed by atoms with van der Waals surface area (Å²) >= 11 is 0. The van der Waals surface area contributed by atoms with Crippen LogP contribution in [0.4, 0.5) is 5.82 Å². The molecule has 1 aliphatic heterocycles. The number of nitrogens with zero attached hydrogens (tertiary/aromatic N) is 4. The first-order chi connectivity index (χ1) is 14.8. The van der Waals surface area contributed by atoms with Crippen molar-refractivity contribution >= 4 is 33.1 Å². The van der Waals surface area contributed by atoms with Crippen LogP contribution in [0.5, 0.6) is 5.75 Å². The molecule has 164 valence electrons. The summed E-state index contributed by atoms with van der Waals surface area (Å²) in [5.74, 6) is 0.0869. The van der Waals surface area contributed by atoms with E-state index in [1.54, 1.807) is 18.2 Å². The summed E-state index contributed by atoms with van der Waals surface area (Å²) in [5.41, 5.74) is 6.69. The largest absolute Gasteiger partial charge is 0.507 e. The van der Waals surface area contributed by atoms with Crippen molar-refractivity contribution < 1.29 is 28.5 Å². The standard InChI is InChI=1S/C18H20N6O6S/c19-16-13-17(21-8-20-16)24(9-22-13)18-15(27)14(26)12(30-18)7-23-31(28,29)6-5-10-3-1-2-4-11(10)25/h1-6,8-9,12,14-15,18,23,25-27H,7H2,(H2,19,20,21)/b6-5+/t12-,14+,15?,18-/m1/s1. The zero-order valence-electron chi connectivity index (χ0n) is 16.0. The number of para-hydroxylation sites is 1. The second kappa shape index (κ2) is 8.20. The topological polar surface area (TPSA) is 186 Å². The zero-order valence-corrected chi connectivity index (χ0v) is 16.8. The van der Waals surface area contributed by atoms with Gasteiger partial charge in [0.05, 0.1) is 6.33 Å². The molecule has 3 heterocycles. The molecule has 4 rings (SSSR count). The molecule has 1 fully saturated rings. The molecule has 0 aliphatic carbocycles. The van der Waals surface area contributed by atoms with E-state index in [2.05, 4.69) is 19.7 Å². The van der Waals surface area contributed by atoms with Crippen molar-refractivity contribution in [2.24, 2.45) is 0 Å². The van der Waals surface area contributed by atoms with Gasteiger partial charge in [-0.05, 0) is 12.1 Å². The van der Waals surface area contributed by atoms with E-state index in [4.69, 9.17) is 10.5 Å². The molecular weight excluding hydrogens is 428 g/mol. The highest BCUT2D eigenvalue weighted by atomic mass is 32.2. The number of sulfonamides is 1. The molecule has 0 amide bonds. The van der Waals surface area contributed by atoms with Crippen molar-refractivity contribution in [3.05, 3.63) is 47.9 Å². The predicted octanol–water partition coefficient (Wildman–Crippen LogP) is -0.676. The number of anilines is 1. The van der Waals surface area contributed by atoms with Crippen LogP contribution in [-0.4, -0.2) is 68.1 Å². The van der Waals surface area contributed by atoms with Crippen molar-refractivity contribution in [1.82, 2.24) is 24.2 Å². The molecule has 2 aromatic heterocycles. The minimum absolute atomic E-state index is 0.0635. The van der Waals surface area contributed by atoms with E-state index in [0.717, 1.165) is 5.41 Å². The van der Waals surface area contributed by atoms with Gasteiger partial charge >= 0.3 is 0 Å². The van der Waals surface area contributed by atoms with Gasteiger partial charge in [0, 0.05) is 17.5 Å². The number of aliphatic hydroxyl groups excluding tert-OH is 2. The predicted molar refractivity (Wildman–Crippen MR) is 110 cm³/mol. The summed E-state index contributed by atoms with van der Waals surface area (Å²) in [4.78, 5) is 12.0. The molecule has 0 bridgehead atoms. The maximum absolute atomic E-state index is 12.3. The summed E-state index contributed by atoms with van der Waals surface area (Å²) in [6, 6.07) is 6.26. The number of imidazole rings is 1. The van der Waals surface area contributed by atoms with E-state index in [1.807, 2.05) is 0 Å². The van der Waals surface area contributed by atoms with Crippen molar-refractivity contribution in [2.75, 3.05) is 12.3 Å². The average molecular weight is 448 g/mol. The van der Waals surface area contributed by atoms with Gasteiger partial charge in [0.25, 0.3) is 0 Å². The minimum Gasteiger partial charge on any atom is -0.507 e. The van der Waals surface area contributed by atoms with Gasteiger partial charge in [-0.25, -0.2) is 28.1 Å². The number of hydrogen-bond acceptors (Lipinski definition) is 10. The van der Waals surface area contributed by atoms with Crippen molar-refractivity contribution in [1.29, 1.82) is 0 Å². The van der Waals surface area contributed by atoms with Crippen LogP contribution in [0.15, 0.2) is 42.3 Å². The number of fused-ring (bicyclic) bond motifs is 1. The number of nitrogens with two attached hydrogens (primary N) is 1. The first-order valence-corrected chi connectivity index (χ1v) is 10.7. The lowest BCUT2D eigenvalue weighted by molar-refractivity contribution is -0.0329. The van der Waals surface area contributed by atoms with Gasteiger partial charge in [0.15, 0.2) is 17.7 Å². The smallest absolute Gasteiger partial charge is 0.233 e. The number of benzene rings is 1. The Bertz CT molecular complexity index is 1230. The van der Waals surface area contributed by atoms with Crippen LogP contribution in [0.1, 0.15) is 11.8 Å². The molecule has 1 aliphatic rings. The van der Waals surface area contributed by atoms with Crippen LogP contribution < -0.4 is 10.5 Å². The highest BCUT2D eigenvalue weighted by molar-refractivity contribution is 7.92. The molecule has 6 N–H and O–H groups in total. The molecule has 12 nitrogen and oxygen atoms in total. The van der Waals surface area contributed by atoms with E-state index in [-0.39, 0.29) is 18.1 Å². The van der Waals surface area contributed by atoms with Crippen LogP contribution in [0.3, 0.4) is 0 Å². The average Bonchev–Trinajstić information content (AvgIpc) is 3.29. The third-order valence-electron chi connectivity index (χ3n) is 4.85. The molecule has 0 spiro atoms. The van der Waals surface area contributed by atoms with Crippen LogP contribution in [0.25, 0.3) is 17.2 Å². The Balaban J connectivity index is 1.46. The van der Waals surface area contributed by atoms with Gasteiger partial charge in [-0.1, -0.05) is 18.2 Å². The second-order valence-corrected chi connectivity index (χ2v) is 8.54. The van der Waals surface area contributed by atoms with E-state index >= 15 is 0 Å². The number of phenolic OH excluding ortho intramolecular Hbond substituents is 1. The quantitative estimate of drug-likeness (QED) is 0.323. The van der Waals surface area contributed by atoms with Crippen LogP contribution in [0.2, 0.25) is 0 Å². The highest BCUT2D eigenvalue weighted by Gasteiger charge is 2.44. The number of nitrogen functional groups attached to an aromatic ring is 1. The number of hydrogen-bond donors (Lipinski definition) is 5. The third-order valence-corrected chi connectivity index (χ3v) is 5.91. The van der Waals surface area contributed by atoms with Gasteiger partial charge in [0.2, 0.25) is 10.0 Å². The van der Waals surface area contributed by atoms with Crippen molar-refractivity contribution in [3.63, 3.8) is 0 Å². The van der Waals surface area contributed by atoms with Crippen LogP contribution >= 0.6 is 0 Å². The molecule has 31 heavy (non-hydrogen) atoms. The fourth-order valence-corrected chi connectivity index (χ4v) is 4.04. The number of rotatable bonds is 6. The van der Waals surface area contributed by atoms with Gasteiger partial charge < -0.3 is 25.8 Å². The molecule has 0 radical (unpaired) electrons. The summed E-state index contributed by atoms with van der Waals surface area (Å²) in [6.45, 7) is -0.300. The molecule has 0 saturated carbocycles. The molecule has 3 aromatic rings. The SMILES string of the molecule is Nc1ncnc2c1ncn2[C@@H]1O[C@H](CNS(=O)(=O)/C=C/c2ccccc2O)[C@H](O)C1O. The molecule has 13 heteroatoms. The normalized spacial score (nSPS) is 24.3. The Labute approximate surface area is 176 Å². The summed E-state index contributed by atoms with van der Waals surface area (Å²) in [5, 5.41) is 31.4. The summed E-state index contributed by atoms with van der Waals surface area (Å²) < 4.78 is 33.9. The molecule has 1 unspecified atom stereocenters. The van der Waals surface area contributed by atoms with Crippen LogP contribution in [-0.2, 0) is 14.8 Å². The minimum atomic E-state index is -3.91. The van der Waals surface area contributed by atoms with Crippen molar-refractivity contribution in [3.8, 4) is 5.75 Å². The number of nitrogens with one attached hydrogen (secondary N) is 1. The third kappa shape index (κ3) is 4.22.